The lowest BCUT2D eigenvalue weighted by Crippen LogP contribution is -2.18. The standard InChI is InChI=1S/C9H8O5/c1-5-8(14-9(11)13-5)7(10)6-3-2-4-12-6/h2-4,7-8,10H,1H2/t7-,8+/m0/s1. The molecule has 2 rings (SSSR count). The van der Waals surface area contributed by atoms with Crippen molar-refractivity contribution in [2.24, 2.45) is 0 Å². The van der Waals surface area contributed by atoms with Gasteiger partial charge < -0.3 is 19.0 Å². The first-order valence-electron chi connectivity index (χ1n) is 3.97. The lowest BCUT2D eigenvalue weighted by Gasteiger charge is -2.12. The monoisotopic (exact) mass is 196 g/mol. The molecule has 14 heavy (non-hydrogen) atoms. The first-order chi connectivity index (χ1) is 6.68. The number of furan rings is 1. The number of hydrogen-bond donors (Lipinski definition) is 1. The van der Waals surface area contributed by atoms with E-state index in [-0.39, 0.29) is 5.76 Å². The number of aliphatic hydroxyl groups excluding tert-OH is 1. The third-order valence-electron chi connectivity index (χ3n) is 1.88. The molecule has 2 atom stereocenters. The summed E-state index contributed by atoms with van der Waals surface area (Å²) >= 11 is 0. The van der Waals surface area contributed by atoms with Crippen LogP contribution in [0.3, 0.4) is 0 Å². The molecule has 1 aliphatic heterocycles. The van der Waals surface area contributed by atoms with Gasteiger partial charge in [0.2, 0.25) is 0 Å². The van der Waals surface area contributed by atoms with Gasteiger partial charge in [0.15, 0.2) is 12.2 Å². The summed E-state index contributed by atoms with van der Waals surface area (Å²) in [6, 6.07) is 3.20. The minimum absolute atomic E-state index is 0.0823. The highest BCUT2D eigenvalue weighted by Gasteiger charge is 2.37. The maximum atomic E-state index is 10.7. The number of hydrogen-bond acceptors (Lipinski definition) is 5. The van der Waals surface area contributed by atoms with Gasteiger partial charge in [0.05, 0.1) is 6.26 Å². The van der Waals surface area contributed by atoms with E-state index in [4.69, 9.17) is 4.42 Å². The highest BCUT2D eigenvalue weighted by molar-refractivity contribution is 5.65. The van der Waals surface area contributed by atoms with Gasteiger partial charge in [0.1, 0.15) is 11.5 Å². The Bertz CT molecular complexity index is 353. The molecule has 0 bridgehead atoms. The van der Waals surface area contributed by atoms with Crippen LogP contribution in [0.5, 0.6) is 0 Å². The fourth-order valence-corrected chi connectivity index (χ4v) is 1.21. The molecule has 0 spiro atoms. The SMILES string of the molecule is C=C1OC(=O)O[C@H]1[C@@H](O)c1ccco1. The van der Waals surface area contributed by atoms with Crippen LogP contribution in [0.15, 0.2) is 35.2 Å². The van der Waals surface area contributed by atoms with E-state index in [1.54, 1.807) is 12.1 Å². The van der Waals surface area contributed by atoms with Crippen LogP contribution in [-0.2, 0) is 9.47 Å². The summed E-state index contributed by atoms with van der Waals surface area (Å²) in [7, 11) is 0. The average molecular weight is 196 g/mol. The Morgan fingerprint density at radius 1 is 1.57 bits per heavy atom. The van der Waals surface area contributed by atoms with Gasteiger partial charge in [-0.1, -0.05) is 6.58 Å². The molecule has 5 heteroatoms. The van der Waals surface area contributed by atoms with Crippen molar-refractivity contribution in [3.63, 3.8) is 0 Å². The molecule has 0 aromatic carbocycles. The predicted octanol–water partition coefficient (Wildman–Crippen LogP) is 1.36. The molecule has 2 heterocycles. The molecule has 5 nitrogen and oxygen atoms in total. The van der Waals surface area contributed by atoms with Crippen LogP contribution in [0.1, 0.15) is 11.9 Å². The number of rotatable bonds is 2. The molecular weight excluding hydrogens is 188 g/mol. The molecule has 0 amide bonds. The van der Waals surface area contributed by atoms with Crippen LogP contribution in [0.2, 0.25) is 0 Å². The summed E-state index contributed by atoms with van der Waals surface area (Å²) in [5, 5.41) is 9.69. The van der Waals surface area contributed by atoms with Crippen LogP contribution in [-0.4, -0.2) is 17.4 Å². The van der Waals surface area contributed by atoms with Gasteiger partial charge in [0.25, 0.3) is 0 Å². The first-order valence-corrected chi connectivity index (χ1v) is 3.97. The number of cyclic esters (lactones) is 2. The largest absolute Gasteiger partial charge is 0.514 e. The second-order valence-electron chi connectivity index (χ2n) is 2.82. The van der Waals surface area contributed by atoms with Crippen molar-refractivity contribution in [1.82, 2.24) is 0 Å². The van der Waals surface area contributed by atoms with Crippen molar-refractivity contribution < 1.29 is 23.8 Å². The third kappa shape index (κ3) is 1.38. The highest BCUT2D eigenvalue weighted by atomic mass is 16.8. The van der Waals surface area contributed by atoms with Gasteiger partial charge in [-0.05, 0) is 12.1 Å². The minimum Gasteiger partial charge on any atom is -0.466 e. The molecule has 0 aliphatic carbocycles. The lowest BCUT2D eigenvalue weighted by atomic mass is 10.1. The molecule has 74 valence electrons. The smallest absolute Gasteiger partial charge is 0.466 e. The quantitative estimate of drug-likeness (QED) is 0.723. The molecule has 1 saturated heterocycles. The molecular formula is C9H8O5. The Labute approximate surface area is 79.5 Å². The molecule has 1 N–H and O–H groups in total. The fourth-order valence-electron chi connectivity index (χ4n) is 1.21. The second-order valence-corrected chi connectivity index (χ2v) is 2.82. The number of carbonyl (C=O) groups excluding carboxylic acids is 1. The van der Waals surface area contributed by atoms with Gasteiger partial charge in [-0.25, -0.2) is 4.79 Å². The molecule has 0 saturated carbocycles. The normalized spacial score (nSPS) is 23.1. The maximum Gasteiger partial charge on any atom is 0.514 e. The van der Waals surface area contributed by atoms with E-state index in [1.165, 1.54) is 6.26 Å². The van der Waals surface area contributed by atoms with Crippen molar-refractivity contribution >= 4 is 6.16 Å². The van der Waals surface area contributed by atoms with Crippen LogP contribution >= 0.6 is 0 Å². The van der Waals surface area contributed by atoms with E-state index in [2.05, 4.69) is 16.1 Å². The summed E-state index contributed by atoms with van der Waals surface area (Å²) in [4.78, 5) is 10.7. The van der Waals surface area contributed by atoms with Gasteiger partial charge in [-0.2, -0.15) is 0 Å². The summed E-state index contributed by atoms with van der Waals surface area (Å²) in [6.07, 6.45) is -1.41. The minimum atomic E-state index is -1.08. The van der Waals surface area contributed by atoms with Crippen molar-refractivity contribution in [2.45, 2.75) is 12.2 Å². The zero-order chi connectivity index (χ0) is 10.1. The average Bonchev–Trinajstić information content (AvgIpc) is 2.73. The summed E-state index contributed by atoms with van der Waals surface area (Å²) in [6.45, 7) is 3.45. The second kappa shape index (κ2) is 3.19. The Kier molecular flexibility index (Phi) is 2.01. The van der Waals surface area contributed by atoms with Crippen LogP contribution in [0, 0.1) is 0 Å². The Hall–Kier alpha value is -1.75. The van der Waals surface area contributed by atoms with Crippen molar-refractivity contribution in [3.8, 4) is 0 Å². The summed E-state index contributed by atoms with van der Waals surface area (Å²) in [5.41, 5.74) is 0. The number of carbonyl (C=O) groups is 1. The summed E-state index contributed by atoms with van der Waals surface area (Å²) < 4.78 is 14.2. The van der Waals surface area contributed by atoms with Gasteiger partial charge in [-0.15, -0.1) is 0 Å². The van der Waals surface area contributed by atoms with Crippen molar-refractivity contribution in [3.05, 3.63) is 36.5 Å². The molecule has 1 aromatic heterocycles. The van der Waals surface area contributed by atoms with Gasteiger partial charge in [0, 0.05) is 0 Å². The molecule has 1 aliphatic rings. The zero-order valence-electron chi connectivity index (χ0n) is 7.17. The van der Waals surface area contributed by atoms with Crippen LogP contribution < -0.4 is 0 Å². The van der Waals surface area contributed by atoms with Crippen molar-refractivity contribution in [2.75, 3.05) is 0 Å². The molecule has 1 fully saturated rings. The van der Waals surface area contributed by atoms with Crippen LogP contribution in [0.4, 0.5) is 4.79 Å². The topological polar surface area (TPSA) is 68.9 Å². The maximum absolute atomic E-state index is 10.7. The predicted molar refractivity (Wildman–Crippen MR) is 44.2 cm³/mol. The van der Waals surface area contributed by atoms with E-state index < -0.39 is 18.4 Å². The number of aliphatic hydroxyl groups is 1. The number of ether oxygens (including phenoxy) is 2. The fraction of sp³-hybridized carbons (Fsp3) is 0.222. The Morgan fingerprint density at radius 2 is 2.36 bits per heavy atom. The lowest BCUT2D eigenvalue weighted by molar-refractivity contribution is 0.0282. The molecule has 0 radical (unpaired) electrons. The van der Waals surface area contributed by atoms with E-state index >= 15 is 0 Å². The summed E-state index contributed by atoms with van der Waals surface area (Å²) in [5.74, 6) is 0.383. The third-order valence-corrected chi connectivity index (χ3v) is 1.88. The van der Waals surface area contributed by atoms with Gasteiger partial charge in [-0.3, -0.25) is 0 Å². The molecule has 0 unspecified atom stereocenters. The molecule has 1 aromatic rings. The van der Waals surface area contributed by atoms with Gasteiger partial charge >= 0.3 is 6.16 Å². The van der Waals surface area contributed by atoms with E-state index in [0.717, 1.165) is 0 Å². The zero-order valence-corrected chi connectivity index (χ0v) is 7.17. The van der Waals surface area contributed by atoms with E-state index in [9.17, 15) is 9.90 Å². The van der Waals surface area contributed by atoms with Crippen LogP contribution in [0.25, 0.3) is 0 Å². The Morgan fingerprint density at radius 3 is 2.86 bits per heavy atom. The Balaban J connectivity index is 2.16. The van der Waals surface area contributed by atoms with E-state index in [1.807, 2.05) is 0 Å². The highest BCUT2D eigenvalue weighted by Crippen LogP contribution is 2.29. The van der Waals surface area contributed by atoms with E-state index in [0.29, 0.717) is 5.76 Å². The first kappa shape index (κ1) is 8.83. The van der Waals surface area contributed by atoms with Crippen molar-refractivity contribution in [1.29, 1.82) is 0 Å².